The Morgan fingerprint density at radius 1 is 1.33 bits per heavy atom. The van der Waals surface area contributed by atoms with Crippen molar-refractivity contribution in [2.24, 2.45) is 0 Å². The molecule has 1 rings (SSSR count). The lowest BCUT2D eigenvalue weighted by atomic mass is 10.1. The summed E-state index contributed by atoms with van der Waals surface area (Å²) in [5, 5.41) is 3.48. The summed E-state index contributed by atoms with van der Waals surface area (Å²) in [5.41, 5.74) is 0.574. The van der Waals surface area contributed by atoms with Crippen LogP contribution in [0.1, 0.15) is 41.5 Å². The van der Waals surface area contributed by atoms with Gasteiger partial charge in [0.25, 0.3) is 0 Å². The molecule has 1 aliphatic heterocycles. The predicted molar refractivity (Wildman–Crippen MR) is 52.8 cm³/mol. The molecule has 2 nitrogen and oxygen atoms in total. The van der Waals surface area contributed by atoms with Gasteiger partial charge >= 0.3 is 0 Å². The molecule has 0 amide bonds. The molecule has 1 aliphatic rings. The van der Waals surface area contributed by atoms with Crippen molar-refractivity contribution in [3.8, 4) is 0 Å². The van der Waals surface area contributed by atoms with Gasteiger partial charge in [0, 0.05) is 6.92 Å². The monoisotopic (exact) mass is 169 g/mol. The minimum absolute atomic E-state index is 0.183. The highest BCUT2D eigenvalue weighted by Crippen LogP contribution is 2.24. The summed E-state index contributed by atoms with van der Waals surface area (Å²) in [6.07, 6.45) is 0. The predicted octanol–water partition coefficient (Wildman–Crippen LogP) is 1.60. The molecule has 0 unspecified atom stereocenters. The fourth-order valence-corrected chi connectivity index (χ4v) is 1.53. The zero-order chi connectivity index (χ0) is 9.57. The summed E-state index contributed by atoms with van der Waals surface area (Å²) < 4.78 is 2.39. The van der Waals surface area contributed by atoms with Gasteiger partial charge in [-0.3, -0.25) is 9.89 Å². The third-order valence-electron chi connectivity index (χ3n) is 2.13. The molecular weight excluding hydrogens is 148 g/mol. The minimum Gasteiger partial charge on any atom is -0.274 e. The van der Waals surface area contributed by atoms with Crippen LogP contribution in [0.25, 0.3) is 0 Å². The van der Waals surface area contributed by atoms with Gasteiger partial charge in [0.1, 0.15) is 12.1 Å². The molecule has 0 aliphatic carbocycles. The molecule has 0 spiro atoms. The highest BCUT2D eigenvalue weighted by Gasteiger charge is 2.46. The first-order chi connectivity index (χ1) is 5.22. The van der Waals surface area contributed by atoms with E-state index < -0.39 is 0 Å². The lowest BCUT2D eigenvalue weighted by molar-refractivity contribution is -0.387. The molecule has 0 radical (unpaired) electrons. The van der Waals surface area contributed by atoms with Crippen LogP contribution in [0.2, 0.25) is 0 Å². The van der Waals surface area contributed by atoms with Crippen LogP contribution >= 0.6 is 0 Å². The summed E-state index contributed by atoms with van der Waals surface area (Å²) >= 11 is 0. The van der Waals surface area contributed by atoms with E-state index in [-0.39, 0.29) is 5.54 Å². The van der Waals surface area contributed by atoms with Gasteiger partial charge in [-0.25, -0.2) is 0 Å². The standard InChI is InChI=1S/C10H20N2/c1-8(11-9(2,3)4)12-7-10(12,5)6/h7H2,1-6H3/p+1. The normalized spacial score (nSPS) is 25.2. The first-order valence-corrected chi connectivity index (χ1v) is 4.62. The molecule has 0 aromatic carbocycles. The van der Waals surface area contributed by atoms with Gasteiger partial charge in [-0.1, -0.05) is 0 Å². The van der Waals surface area contributed by atoms with Crippen LogP contribution in [0.3, 0.4) is 0 Å². The lowest BCUT2D eigenvalue weighted by Crippen LogP contribution is -2.41. The summed E-state index contributed by atoms with van der Waals surface area (Å²) in [4.78, 5) is 0. The highest BCUT2D eigenvalue weighted by molar-refractivity contribution is 5.76. The maximum absolute atomic E-state index is 3.48. The Morgan fingerprint density at radius 2 is 1.75 bits per heavy atom. The molecule has 0 aromatic rings. The smallest absolute Gasteiger partial charge is 0.242 e. The maximum Gasteiger partial charge on any atom is 0.242 e. The Bertz CT molecular complexity index is 218. The van der Waals surface area contributed by atoms with Crippen LogP contribution < -0.4 is 5.32 Å². The molecule has 1 fully saturated rings. The van der Waals surface area contributed by atoms with Crippen LogP contribution in [-0.2, 0) is 0 Å². The van der Waals surface area contributed by atoms with Crippen molar-refractivity contribution >= 4 is 5.84 Å². The van der Waals surface area contributed by atoms with Gasteiger partial charge in [0.15, 0.2) is 0 Å². The zero-order valence-electron chi connectivity index (χ0n) is 9.15. The zero-order valence-corrected chi connectivity index (χ0v) is 9.15. The van der Waals surface area contributed by atoms with Crippen molar-refractivity contribution < 1.29 is 4.58 Å². The third kappa shape index (κ3) is 2.23. The summed E-state index contributed by atoms with van der Waals surface area (Å²) in [7, 11) is 0. The fourth-order valence-electron chi connectivity index (χ4n) is 1.53. The first kappa shape index (κ1) is 9.56. The van der Waals surface area contributed by atoms with Crippen molar-refractivity contribution in [1.82, 2.24) is 5.32 Å². The van der Waals surface area contributed by atoms with Gasteiger partial charge in [-0.15, -0.1) is 0 Å². The summed E-state index contributed by atoms with van der Waals surface area (Å²) in [5.74, 6) is 1.30. The number of nitrogens with one attached hydrogen (secondary N) is 1. The van der Waals surface area contributed by atoms with Crippen LogP contribution in [0.4, 0.5) is 0 Å². The molecule has 2 heteroatoms. The lowest BCUT2D eigenvalue weighted by Gasteiger charge is -2.15. The minimum atomic E-state index is 0.183. The van der Waals surface area contributed by atoms with Gasteiger partial charge < -0.3 is 0 Å². The molecule has 0 bridgehead atoms. The van der Waals surface area contributed by atoms with Crippen molar-refractivity contribution in [2.75, 3.05) is 6.54 Å². The molecule has 1 N–H and O–H groups in total. The second-order valence-electron chi connectivity index (χ2n) is 5.36. The first-order valence-electron chi connectivity index (χ1n) is 4.62. The largest absolute Gasteiger partial charge is 0.274 e. The molecule has 1 heterocycles. The number of amidine groups is 1. The Morgan fingerprint density at radius 3 is 2.00 bits per heavy atom. The van der Waals surface area contributed by atoms with Crippen LogP contribution in [-0.4, -0.2) is 28.0 Å². The van der Waals surface area contributed by atoms with E-state index in [1.807, 2.05) is 0 Å². The van der Waals surface area contributed by atoms with Gasteiger partial charge in [-0.05, 0) is 34.6 Å². The van der Waals surface area contributed by atoms with E-state index in [0.29, 0.717) is 5.54 Å². The molecule has 0 atom stereocenters. The molecule has 70 valence electrons. The van der Waals surface area contributed by atoms with Gasteiger partial charge in [0.05, 0.1) is 5.54 Å². The second-order valence-corrected chi connectivity index (χ2v) is 5.36. The highest BCUT2D eigenvalue weighted by atomic mass is 15.3. The summed E-state index contributed by atoms with van der Waals surface area (Å²) in [6, 6.07) is 0. The average Bonchev–Trinajstić information content (AvgIpc) is 2.35. The van der Waals surface area contributed by atoms with Gasteiger partial charge in [-0.2, -0.15) is 0 Å². The Labute approximate surface area is 75.7 Å². The third-order valence-corrected chi connectivity index (χ3v) is 2.13. The van der Waals surface area contributed by atoms with E-state index >= 15 is 0 Å². The van der Waals surface area contributed by atoms with Crippen molar-refractivity contribution in [3.05, 3.63) is 0 Å². The van der Waals surface area contributed by atoms with E-state index in [0.717, 1.165) is 0 Å². The van der Waals surface area contributed by atoms with E-state index in [4.69, 9.17) is 0 Å². The molecule has 12 heavy (non-hydrogen) atoms. The molecular formula is C10H21N2+. The topological polar surface area (TPSA) is 15.0 Å². The average molecular weight is 169 g/mol. The number of hydrogen-bond acceptors (Lipinski definition) is 0. The van der Waals surface area contributed by atoms with Crippen molar-refractivity contribution in [1.29, 1.82) is 0 Å². The number of nitrogens with zero attached hydrogens (tertiary/aromatic N) is 1. The second kappa shape index (κ2) is 2.48. The molecule has 0 aromatic heterocycles. The van der Waals surface area contributed by atoms with E-state index in [1.54, 1.807) is 0 Å². The Kier molecular flexibility index (Phi) is 1.97. The SMILES string of the molecule is CC(NC(C)(C)C)=[N+]1CC1(C)C. The molecule has 0 saturated carbocycles. The summed E-state index contributed by atoms with van der Waals surface area (Å²) in [6.45, 7) is 14.4. The number of rotatable bonds is 0. The maximum atomic E-state index is 3.48. The Balaban J connectivity index is 2.63. The Hall–Kier alpha value is -0.530. The van der Waals surface area contributed by atoms with Crippen LogP contribution in [0.5, 0.6) is 0 Å². The van der Waals surface area contributed by atoms with Gasteiger partial charge in [0.2, 0.25) is 5.84 Å². The fraction of sp³-hybridized carbons (Fsp3) is 0.900. The quantitative estimate of drug-likeness (QED) is 0.331. The van der Waals surface area contributed by atoms with Crippen LogP contribution in [0.15, 0.2) is 0 Å². The van der Waals surface area contributed by atoms with E-state index in [1.165, 1.54) is 12.4 Å². The molecule has 1 saturated heterocycles. The van der Waals surface area contributed by atoms with E-state index in [9.17, 15) is 0 Å². The van der Waals surface area contributed by atoms with Crippen LogP contribution in [0, 0.1) is 0 Å². The van der Waals surface area contributed by atoms with Crippen molar-refractivity contribution in [2.45, 2.75) is 52.6 Å². The van der Waals surface area contributed by atoms with E-state index in [2.05, 4.69) is 51.4 Å². The van der Waals surface area contributed by atoms with Crippen molar-refractivity contribution in [3.63, 3.8) is 0 Å². The number of hydrogen-bond donors (Lipinski definition) is 1.